The van der Waals surface area contributed by atoms with Crippen LogP contribution in [0.4, 0.5) is 0 Å². The van der Waals surface area contributed by atoms with Crippen molar-refractivity contribution >= 4 is 5.78 Å². The van der Waals surface area contributed by atoms with E-state index in [9.17, 15) is 4.79 Å². The zero-order valence-electron chi connectivity index (χ0n) is 6.94. The Morgan fingerprint density at radius 1 is 0.833 bits per heavy atom. The lowest BCUT2D eigenvalue weighted by Crippen LogP contribution is -2.44. The van der Waals surface area contributed by atoms with Crippen molar-refractivity contribution in [1.82, 2.24) is 0 Å². The fraction of sp³-hybridized carbons (Fsp3) is 0.909. The summed E-state index contributed by atoms with van der Waals surface area (Å²) in [6, 6.07) is 0. The highest BCUT2D eigenvalue weighted by Crippen LogP contribution is 2.81. The van der Waals surface area contributed by atoms with Gasteiger partial charge in [0.25, 0.3) is 0 Å². The summed E-state index contributed by atoms with van der Waals surface area (Å²) in [6.45, 7) is 0. The fourth-order valence-electron chi connectivity index (χ4n) is 6.10. The molecular formula is C11H12O. The number of rotatable bonds is 0. The van der Waals surface area contributed by atoms with Crippen LogP contribution >= 0.6 is 0 Å². The zero-order valence-corrected chi connectivity index (χ0v) is 6.94. The molecule has 0 aromatic heterocycles. The minimum atomic E-state index is 0.583. The molecule has 2 bridgehead atoms. The molecule has 5 rings (SSSR count). The third-order valence-electron chi connectivity index (χ3n) is 6.02. The van der Waals surface area contributed by atoms with Gasteiger partial charge in [0.15, 0.2) is 0 Å². The zero-order chi connectivity index (χ0) is 7.61. The summed E-state index contributed by atoms with van der Waals surface area (Å²) in [7, 11) is 0. The number of carbonyl (C=O) groups is 1. The summed E-state index contributed by atoms with van der Waals surface area (Å²) >= 11 is 0. The average Bonchev–Trinajstić information content (AvgIpc) is 2.47. The molecule has 1 heteroatoms. The molecule has 0 N–H and O–H groups in total. The van der Waals surface area contributed by atoms with E-state index in [1.54, 1.807) is 0 Å². The molecule has 0 radical (unpaired) electrons. The molecule has 0 unspecified atom stereocenters. The van der Waals surface area contributed by atoms with Gasteiger partial charge in [0, 0.05) is 11.8 Å². The van der Waals surface area contributed by atoms with Gasteiger partial charge in [-0.1, -0.05) is 0 Å². The molecule has 0 aromatic carbocycles. The van der Waals surface area contributed by atoms with Crippen molar-refractivity contribution in [3.63, 3.8) is 0 Å². The Morgan fingerprint density at radius 3 is 2.50 bits per heavy atom. The average molecular weight is 160 g/mol. The van der Waals surface area contributed by atoms with Gasteiger partial charge in [0.1, 0.15) is 5.78 Å². The van der Waals surface area contributed by atoms with E-state index in [0.717, 1.165) is 35.5 Å². The lowest BCUT2D eigenvalue weighted by Gasteiger charge is -2.43. The van der Waals surface area contributed by atoms with Crippen LogP contribution in [0.1, 0.15) is 12.8 Å². The second kappa shape index (κ2) is 1.21. The summed E-state index contributed by atoms with van der Waals surface area (Å²) in [5.41, 5.74) is 0. The first-order valence-corrected chi connectivity index (χ1v) is 5.41. The van der Waals surface area contributed by atoms with Crippen LogP contribution in [0.25, 0.3) is 0 Å². The SMILES string of the molecule is O=C1[C@@H]2[C@@H]3C[C@H]4[C@H]1[C@H]1[C@H]2C[C@H]3[C@H]41. The Kier molecular flexibility index (Phi) is 0.547. The molecule has 1 nitrogen and oxygen atoms in total. The van der Waals surface area contributed by atoms with Gasteiger partial charge in [-0.2, -0.15) is 0 Å². The molecule has 0 amide bonds. The van der Waals surface area contributed by atoms with Gasteiger partial charge in [-0.15, -0.1) is 0 Å². The highest BCUT2D eigenvalue weighted by Gasteiger charge is 2.80. The van der Waals surface area contributed by atoms with E-state index in [2.05, 4.69) is 0 Å². The van der Waals surface area contributed by atoms with Crippen molar-refractivity contribution in [2.24, 2.45) is 47.3 Å². The molecule has 0 heterocycles. The van der Waals surface area contributed by atoms with E-state index in [0.29, 0.717) is 17.6 Å². The fourth-order valence-corrected chi connectivity index (χ4v) is 6.10. The van der Waals surface area contributed by atoms with Crippen LogP contribution in [0.3, 0.4) is 0 Å². The van der Waals surface area contributed by atoms with Crippen LogP contribution in [0.15, 0.2) is 0 Å². The van der Waals surface area contributed by atoms with Crippen LogP contribution in [-0.2, 0) is 4.79 Å². The summed E-state index contributed by atoms with van der Waals surface area (Å²) < 4.78 is 0. The second-order valence-corrected chi connectivity index (χ2v) is 5.74. The monoisotopic (exact) mass is 160 g/mol. The van der Waals surface area contributed by atoms with Crippen LogP contribution in [0, 0.1) is 47.3 Å². The van der Waals surface area contributed by atoms with Gasteiger partial charge in [0.05, 0.1) is 0 Å². The molecule has 8 atom stereocenters. The molecule has 5 aliphatic carbocycles. The minimum absolute atomic E-state index is 0.583. The molecule has 12 heavy (non-hydrogen) atoms. The Morgan fingerprint density at radius 2 is 1.58 bits per heavy atom. The predicted molar refractivity (Wildman–Crippen MR) is 42.2 cm³/mol. The van der Waals surface area contributed by atoms with Crippen molar-refractivity contribution in [1.29, 1.82) is 0 Å². The molecule has 5 fully saturated rings. The summed E-state index contributed by atoms with van der Waals surface area (Å²) in [4.78, 5) is 11.9. The number of ketones is 1. The Labute approximate surface area is 71.5 Å². The van der Waals surface area contributed by atoms with E-state index in [1.165, 1.54) is 12.8 Å². The third kappa shape index (κ3) is 0.272. The third-order valence-corrected chi connectivity index (χ3v) is 6.02. The van der Waals surface area contributed by atoms with E-state index in [4.69, 9.17) is 0 Å². The van der Waals surface area contributed by atoms with Gasteiger partial charge in [0.2, 0.25) is 0 Å². The van der Waals surface area contributed by atoms with Crippen molar-refractivity contribution in [2.75, 3.05) is 0 Å². The topological polar surface area (TPSA) is 17.1 Å². The van der Waals surface area contributed by atoms with E-state index < -0.39 is 0 Å². The molecule has 5 aliphatic rings. The molecular weight excluding hydrogens is 148 g/mol. The van der Waals surface area contributed by atoms with E-state index >= 15 is 0 Å². The maximum absolute atomic E-state index is 11.9. The van der Waals surface area contributed by atoms with Gasteiger partial charge in [-0.3, -0.25) is 4.79 Å². The largest absolute Gasteiger partial charge is 0.299 e. The first-order chi connectivity index (χ1) is 5.88. The first kappa shape index (κ1) is 5.41. The highest BCUT2D eigenvalue weighted by atomic mass is 16.1. The Balaban J connectivity index is 1.91. The van der Waals surface area contributed by atoms with E-state index in [-0.39, 0.29) is 0 Å². The number of fused-ring (bicyclic) bond motifs is 2. The number of hydrogen-bond donors (Lipinski definition) is 0. The van der Waals surface area contributed by atoms with Gasteiger partial charge in [-0.25, -0.2) is 0 Å². The summed E-state index contributed by atoms with van der Waals surface area (Å²) in [5.74, 6) is 7.54. The molecule has 0 saturated heterocycles. The van der Waals surface area contributed by atoms with Crippen LogP contribution < -0.4 is 0 Å². The lowest BCUT2D eigenvalue weighted by atomic mass is 9.60. The quantitative estimate of drug-likeness (QED) is 0.522. The minimum Gasteiger partial charge on any atom is -0.299 e. The first-order valence-electron chi connectivity index (χ1n) is 5.41. The van der Waals surface area contributed by atoms with Gasteiger partial charge >= 0.3 is 0 Å². The second-order valence-electron chi connectivity index (χ2n) is 5.74. The molecule has 62 valence electrons. The predicted octanol–water partition coefficient (Wildman–Crippen LogP) is 1.33. The molecule has 0 spiro atoms. The van der Waals surface area contributed by atoms with Crippen molar-refractivity contribution < 1.29 is 4.79 Å². The normalized spacial score (nSPS) is 79.2. The van der Waals surface area contributed by atoms with Gasteiger partial charge in [-0.05, 0) is 48.3 Å². The number of hydrogen-bond acceptors (Lipinski definition) is 1. The smallest absolute Gasteiger partial charge is 0.140 e. The molecule has 0 aromatic rings. The number of carbonyl (C=O) groups excluding carboxylic acids is 1. The standard InChI is InChI=1S/C11H12O/c12-11-8-4-2-5-7-3(4)1-6(8)9(7)10(5)11/h3-10H,1-2H2/t3-,4-,5-,6+,7-,8-,9+,10+/m1/s1. The van der Waals surface area contributed by atoms with E-state index in [1.807, 2.05) is 0 Å². The summed E-state index contributed by atoms with van der Waals surface area (Å²) in [6.07, 6.45) is 2.90. The molecule has 5 saturated carbocycles. The van der Waals surface area contributed by atoms with Gasteiger partial charge < -0.3 is 0 Å². The number of Topliss-reactive ketones (excluding diaryl/α,β-unsaturated/α-hetero) is 1. The molecule has 0 aliphatic heterocycles. The Hall–Kier alpha value is -0.330. The van der Waals surface area contributed by atoms with Crippen molar-refractivity contribution in [3.05, 3.63) is 0 Å². The van der Waals surface area contributed by atoms with Crippen LogP contribution in [-0.4, -0.2) is 5.78 Å². The lowest BCUT2D eigenvalue weighted by molar-refractivity contribution is -0.132. The maximum Gasteiger partial charge on any atom is 0.140 e. The maximum atomic E-state index is 11.9. The Bertz CT molecular complexity index is 315. The highest BCUT2D eigenvalue weighted by molar-refractivity contribution is 5.91. The van der Waals surface area contributed by atoms with Crippen molar-refractivity contribution in [2.45, 2.75) is 12.8 Å². The summed E-state index contributed by atoms with van der Waals surface area (Å²) in [5, 5.41) is 0. The van der Waals surface area contributed by atoms with Crippen LogP contribution in [0.2, 0.25) is 0 Å². The van der Waals surface area contributed by atoms with Crippen molar-refractivity contribution in [3.8, 4) is 0 Å². The van der Waals surface area contributed by atoms with Crippen LogP contribution in [0.5, 0.6) is 0 Å².